The predicted octanol–water partition coefficient (Wildman–Crippen LogP) is 7.08. The number of amides is 1. The zero-order valence-electron chi connectivity index (χ0n) is 16.0. The maximum Gasteiger partial charge on any atom is 0.256 e. The molecule has 3 nitrogen and oxygen atoms in total. The third-order valence-corrected chi connectivity index (χ3v) is 5.56. The molecule has 4 rings (SSSR count). The number of pyridine rings is 1. The first-order valence-electron chi connectivity index (χ1n) is 9.16. The first-order valence-corrected chi connectivity index (χ1v) is 9.92. The molecular formula is C24H18Cl2N2O. The number of nitrogens with zero attached hydrogens (tertiary/aromatic N) is 1. The minimum absolute atomic E-state index is 0.182. The van der Waals surface area contributed by atoms with E-state index in [9.17, 15) is 4.79 Å². The molecule has 0 aliphatic rings. The summed E-state index contributed by atoms with van der Waals surface area (Å²) < 4.78 is 0. The standard InChI is InChI=1S/C24H18Cl2N2O/c1-14-7-8-15(2)22(11-14)28-24(29)18-13-23(16-9-10-19(25)20(26)12-16)27-21-6-4-3-5-17(18)21/h3-13H,1-2H3,(H,28,29). The number of aromatic nitrogens is 1. The number of para-hydroxylation sites is 1. The molecular weight excluding hydrogens is 403 g/mol. The molecule has 0 fully saturated rings. The summed E-state index contributed by atoms with van der Waals surface area (Å²) in [5.74, 6) is -0.182. The summed E-state index contributed by atoms with van der Waals surface area (Å²) in [6.07, 6.45) is 0. The molecule has 5 heteroatoms. The van der Waals surface area contributed by atoms with E-state index in [4.69, 9.17) is 28.2 Å². The van der Waals surface area contributed by atoms with Crippen LogP contribution in [0.25, 0.3) is 22.2 Å². The van der Waals surface area contributed by atoms with Crippen LogP contribution in [0.1, 0.15) is 21.5 Å². The summed E-state index contributed by atoms with van der Waals surface area (Å²) in [6, 6.07) is 20.7. The average molecular weight is 421 g/mol. The second kappa shape index (κ2) is 7.86. The van der Waals surface area contributed by atoms with Crippen molar-refractivity contribution in [2.24, 2.45) is 0 Å². The maximum absolute atomic E-state index is 13.2. The third kappa shape index (κ3) is 3.98. The van der Waals surface area contributed by atoms with Gasteiger partial charge in [0.1, 0.15) is 0 Å². The van der Waals surface area contributed by atoms with E-state index in [0.717, 1.165) is 33.3 Å². The van der Waals surface area contributed by atoms with Gasteiger partial charge in [-0.05, 0) is 55.3 Å². The number of carbonyl (C=O) groups excluding carboxylic acids is 1. The van der Waals surface area contributed by atoms with E-state index in [1.165, 1.54) is 0 Å². The van der Waals surface area contributed by atoms with Gasteiger partial charge in [0.15, 0.2) is 0 Å². The number of halogens is 2. The molecule has 29 heavy (non-hydrogen) atoms. The molecule has 1 N–H and O–H groups in total. The van der Waals surface area contributed by atoms with E-state index >= 15 is 0 Å². The van der Waals surface area contributed by atoms with Gasteiger partial charge in [0.25, 0.3) is 5.91 Å². The Morgan fingerprint density at radius 3 is 2.48 bits per heavy atom. The summed E-state index contributed by atoms with van der Waals surface area (Å²) in [5.41, 5.74) is 5.64. The molecule has 0 spiro atoms. The Morgan fingerprint density at radius 1 is 0.897 bits per heavy atom. The zero-order valence-corrected chi connectivity index (χ0v) is 17.5. The highest BCUT2D eigenvalue weighted by atomic mass is 35.5. The molecule has 0 aliphatic heterocycles. The van der Waals surface area contributed by atoms with E-state index in [1.54, 1.807) is 18.2 Å². The SMILES string of the molecule is Cc1ccc(C)c(NC(=O)c2cc(-c3ccc(Cl)c(Cl)c3)nc3ccccc23)c1. The number of anilines is 1. The first-order chi connectivity index (χ1) is 13.9. The van der Waals surface area contributed by atoms with Gasteiger partial charge in [0.2, 0.25) is 0 Å². The molecule has 3 aromatic carbocycles. The number of rotatable bonds is 3. The molecule has 0 radical (unpaired) electrons. The van der Waals surface area contributed by atoms with Crippen LogP contribution in [0, 0.1) is 13.8 Å². The number of benzene rings is 3. The van der Waals surface area contributed by atoms with Crippen molar-refractivity contribution in [2.45, 2.75) is 13.8 Å². The van der Waals surface area contributed by atoms with Crippen molar-refractivity contribution in [3.05, 3.63) is 93.5 Å². The van der Waals surface area contributed by atoms with E-state index in [2.05, 4.69) is 5.32 Å². The van der Waals surface area contributed by atoms with E-state index in [-0.39, 0.29) is 5.91 Å². The van der Waals surface area contributed by atoms with Crippen LogP contribution in [0.2, 0.25) is 10.0 Å². The molecule has 0 atom stereocenters. The van der Waals surface area contributed by atoms with Gasteiger partial charge in [-0.2, -0.15) is 0 Å². The van der Waals surface area contributed by atoms with Crippen molar-refractivity contribution in [1.82, 2.24) is 4.98 Å². The largest absolute Gasteiger partial charge is 0.322 e. The second-order valence-electron chi connectivity index (χ2n) is 6.97. The zero-order chi connectivity index (χ0) is 20.5. The normalized spacial score (nSPS) is 10.9. The molecule has 0 saturated heterocycles. The van der Waals surface area contributed by atoms with Gasteiger partial charge in [-0.25, -0.2) is 4.98 Å². The van der Waals surface area contributed by atoms with Gasteiger partial charge in [-0.3, -0.25) is 4.79 Å². The Bertz CT molecular complexity index is 1250. The fourth-order valence-corrected chi connectivity index (χ4v) is 3.52. The van der Waals surface area contributed by atoms with Crippen LogP contribution in [0.3, 0.4) is 0 Å². The number of fused-ring (bicyclic) bond motifs is 1. The van der Waals surface area contributed by atoms with Crippen LogP contribution >= 0.6 is 23.2 Å². The number of hydrogen-bond acceptors (Lipinski definition) is 2. The quantitative estimate of drug-likeness (QED) is 0.384. The fourth-order valence-electron chi connectivity index (χ4n) is 3.23. The third-order valence-electron chi connectivity index (χ3n) is 4.82. The molecule has 0 unspecified atom stereocenters. The fraction of sp³-hybridized carbons (Fsp3) is 0.0833. The van der Waals surface area contributed by atoms with Crippen molar-refractivity contribution in [3.8, 4) is 11.3 Å². The Hall–Kier alpha value is -2.88. The molecule has 1 amide bonds. The molecule has 0 saturated carbocycles. The lowest BCUT2D eigenvalue weighted by atomic mass is 10.0. The Kier molecular flexibility index (Phi) is 5.27. The Labute approximate surface area is 179 Å². The lowest BCUT2D eigenvalue weighted by Crippen LogP contribution is -2.14. The second-order valence-corrected chi connectivity index (χ2v) is 7.79. The topological polar surface area (TPSA) is 42.0 Å². The lowest BCUT2D eigenvalue weighted by Gasteiger charge is -2.13. The van der Waals surface area contributed by atoms with Gasteiger partial charge >= 0.3 is 0 Å². The van der Waals surface area contributed by atoms with Crippen LogP contribution in [0.5, 0.6) is 0 Å². The smallest absolute Gasteiger partial charge is 0.256 e. The summed E-state index contributed by atoms with van der Waals surface area (Å²) in [5, 5.41) is 4.76. The van der Waals surface area contributed by atoms with Crippen molar-refractivity contribution in [1.29, 1.82) is 0 Å². The highest BCUT2D eigenvalue weighted by molar-refractivity contribution is 6.42. The highest BCUT2D eigenvalue weighted by Gasteiger charge is 2.15. The van der Waals surface area contributed by atoms with Crippen molar-refractivity contribution < 1.29 is 4.79 Å². The number of carbonyl (C=O) groups is 1. The molecule has 1 aromatic heterocycles. The van der Waals surface area contributed by atoms with Gasteiger partial charge in [-0.15, -0.1) is 0 Å². The summed E-state index contributed by atoms with van der Waals surface area (Å²) in [7, 11) is 0. The minimum atomic E-state index is -0.182. The van der Waals surface area contributed by atoms with Crippen LogP contribution in [-0.4, -0.2) is 10.9 Å². The number of nitrogens with one attached hydrogen (secondary N) is 1. The lowest BCUT2D eigenvalue weighted by molar-refractivity contribution is 0.102. The van der Waals surface area contributed by atoms with Crippen molar-refractivity contribution >= 4 is 45.7 Å². The highest BCUT2D eigenvalue weighted by Crippen LogP contribution is 2.30. The molecule has 1 heterocycles. The van der Waals surface area contributed by atoms with Crippen LogP contribution in [0.4, 0.5) is 5.69 Å². The van der Waals surface area contributed by atoms with Crippen molar-refractivity contribution in [3.63, 3.8) is 0 Å². The van der Waals surface area contributed by atoms with Crippen LogP contribution in [0.15, 0.2) is 66.7 Å². The molecule has 4 aromatic rings. The number of aryl methyl sites for hydroxylation is 2. The maximum atomic E-state index is 13.2. The number of hydrogen-bond donors (Lipinski definition) is 1. The monoisotopic (exact) mass is 420 g/mol. The summed E-state index contributed by atoms with van der Waals surface area (Å²) in [6.45, 7) is 3.97. The van der Waals surface area contributed by atoms with E-state index in [1.807, 2.05) is 62.4 Å². The van der Waals surface area contributed by atoms with Crippen molar-refractivity contribution in [2.75, 3.05) is 5.32 Å². The van der Waals surface area contributed by atoms with Gasteiger partial charge in [-0.1, -0.05) is 59.6 Å². The van der Waals surface area contributed by atoms with Gasteiger partial charge < -0.3 is 5.32 Å². The molecule has 0 aliphatic carbocycles. The Morgan fingerprint density at radius 2 is 1.69 bits per heavy atom. The van der Waals surface area contributed by atoms with E-state index in [0.29, 0.717) is 21.3 Å². The first kappa shape index (κ1) is 19.4. The van der Waals surface area contributed by atoms with Gasteiger partial charge in [0.05, 0.1) is 26.8 Å². The van der Waals surface area contributed by atoms with Gasteiger partial charge in [0, 0.05) is 16.6 Å². The predicted molar refractivity (Wildman–Crippen MR) is 121 cm³/mol. The molecule has 144 valence electrons. The average Bonchev–Trinajstić information content (AvgIpc) is 2.72. The van der Waals surface area contributed by atoms with Crippen LogP contribution in [-0.2, 0) is 0 Å². The minimum Gasteiger partial charge on any atom is -0.322 e. The molecule has 0 bridgehead atoms. The summed E-state index contributed by atoms with van der Waals surface area (Å²) in [4.78, 5) is 17.9. The van der Waals surface area contributed by atoms with Crippen LogP contribution < -0.4 is 5.32 Å². The Balaban J connectivity index is 1.83. The summed E-state index contributed by atoms with van der Waals surface area (Å²) >= 11 is 12.2. The van der Waals surface area contributed by atoms with E-state index < -0.39 is 0 Å².